The lowest BCUT2D eigenvalue weighted by Gasteiger charge is -2.21. The average molecular weight is 359 g/mol. The lowest BCUT2D eigenvalue weighted by molar-refractivity contribution is 0.483. The largest absolute Gasteiger partial charge is 0.381 e. The molecule has 0 unspecified atom stereocenters. The molecule has 134 valence electrons. The van der Waals surface area contributed by atoms with Gasteiger partial charge >= 0.3 is 0 Å². The number of nitrogens with zero attached hydrogens (tertiary/aromatic N) is 1. The molecule has 0 amide bonds. The third-order valence-electron chi connectivity index (χ3n) is 4.95. The summed E-state index contributed by atoms with van der Waals surface area (Å²) in [6, 6.07) is 11.7. The molecular formula is C20H26N2O2S. The summed E-state index contributed by atoms with van der Waals surface area (Å²) in [5, 5.41) is 3.22. The molecule has 1 saturated carbocycles. The normalized spacial score (nSPS) is 15.9. The summed E-state index contributed by atoms with van der Waals surface area (Å²) in [6.07, 6.45) is 6.67. The first-order chi connectivity index (χ1) is 12.0. The van der Waals surface area contributed by atoms with E-state index in [1.807, 2.05) is 43.3 Å². The first-order valence-corrected chi connectivity index (χ1v) is 10.7. The van der Waals surface area contributed by atoms with Crippen LogP contribution in [0.3, 0.4) is 0 Å². The van der Waals surface area contributed by atoms with Crippen LogP contribution in [0.25, 0.3) is 0 Å². The SMILES string of the molecule is Cc1ncccc1CNc1cccc(CS(=O)(=O)C2CCCCC2)c1. The van der Waals surface area contributed by atoms with E-state index in [0.29, 0.717) is 6.54 Å². The molecule has 0 bridgehead atoms. The van der Waals surface area contributed by atoms with Gasteiger partial charge in [0.1, 0.15) is 0 Å². The minimum atomic E-state index is -3.06. The Morgan fingerprint density at radius 3 is 2.68 bits per heavy atom. The molecule has 1 heterocycles. The highest BCUT2D eigenvalue weighted by Crippen LogP contribution is 2.26. The quantitative estimate of drug-likeness (QED) is 0.839. The van der Waals surface area contributed by atoms with Crippen molar-refractivity contribution in [1.29, 1.82) is 0 Å². The number of anilines is 1. The number of aromatic nitrogens is 1. The minimum absolute atomic E-state index is 0.138. The summed E-state index contributed by atoms with van der Waals surface area (Å²) in [6.45, 7) is 2.67. The van der Waals surface area contributed by atoms with Crippen LogP contribution >= 0.6 is 0 Å². The van der Waals surface area contributed by atoms with Gasteiger partial charge < -0.3 is 5.32 Å². The second-order valence-corrected chi connectivity index (χ2v) is 9.15. The number of hydrogen-bond acceptors (Lipinski definition) is 4. The summed E-state index contributed by atoms with van der Waals surface area (Å²) in [4.78, 5) is 4.29. The Balaban J connectivity index is 1.66. The van der Waals surface area contributed by atoms with Crippen molar-refractivity contribution in [3.63, 3.8) is 0 Å². The molecule has 1 aromatic carbocycles. The van der Waals surface area contributed by atoms with Crippen molar-refractivity contribution in [1.82, 2.24) is 4.98 Å². The number of nitrogens with one attached hydrogen (secondary N) is 1. The first-order valence-electron chi connectivity index (χ1n) is 8.99. The Morgan fingerprint density at radius 2 is 1.92 bits per heavy atom. The van der Waals surface area contributed by atoms with E-state index in [1.54, 1.807) is 6.20 Å². The van der Waals surface area contributed by atoms with Crippen molar-refractivity contribution in [3.8, 4) is 0 Å². The van der Waals surface area contributed by atoms with Crippen LogP contribution in [-0.4, -0.2) is 18.7 Å². The minimum Gasteiger partial charge on any atom is -0.381 e. The van der Waals surface area contributed by atoms with Crippen LogP contribution in [0.2, 0.25) is 0 Å². The molecule has 1 N–H and O–H groups in total. The summed E-state index contributed by atoms with van der Waals surface area (Å²) < 4.78 is 25.3. The molecule has 3 rings (SSSR count). The van der Waals surface area contributed by atoms with Gasteiger partial charge in [0.25, 0.3) is 0 Å². The van der Waals surface area contributed by atoms with Crippen molar-refractivity contribution in [3.05, 3.63) is 59.4 Å². The fourth-order valence-corrected chi connectivity index (χ4v) is 5.38. The van der Waals surface area contributed by atoms with Gasteiger partial charge in [-0.15, -0.1) is 0 Å². The van der Waals surface area contributed by atoms with Crippen LogP contribution < -0.4 is 5.32 Å². The number of rotatable bonds is 6. The average Bonchev–Trinajstić information content (AvgIpc) is 2.62. The molecule has 0 radical (unpaired) electrons. The van der Waals surface area contributed by atoms with E-state index in [9.17, 15) is 8.42 Å². The van der Waals surface area contributed by atoms with Crippen LogP contribution in [0.15, 0.2) is 42.6 Å². The van der Waals surface area contributed by atoms with E-state index in [-0.39, 0.29) is 11.0 Å². The number of benzene rings is 1. The Bertz CT molecular complexity index is 812. The van der Waals surface area contributed by atoms with Crippen LogP contribution in [0, 0.1) is 6.92 Å². The molecule has 25 heavy (non-hydrogen) atoms. The zero-order valence-electron chi connectivity index (χ0n) is 14.7. The van der Waals surface area contributed by atoms with Gasteiger partial charge in [-0.2, -0.15) is 0 Å². The van der Waals surface area contributed by atoms with E-state index in [4.69, 9.17) is 0 Å². The highest BCUT2D eigenvalue weighted by molar-refractivity contribution is 7.91. The molecule has 1 fully saturated rings. The van der Waals surface area contributed by atoms with Crippen molar-refractivity contribution < 1.29 is 8.42 Å². The van der Waals surface area contributed by atoms with Gasteiger partial charge in [-0.3, -0.25) is 4.98 Å². The van der Waals surface area contributed by atoms with Gasteiger partial charge in [-0.05, 0) is 49.1 Å². The molecule has 0 saturated heterocycles. The van der Waals surface area contributed by atoms with E-state index < -0.39 is 9.84 Å². The van der Waals surface area contributed by atoms with E-state index >= 15 is 0 Å². The topological polar surface area (TPSA) is 59.1 Å². The van der Waals surface area contributed by atoms with Crippen LogP contribution in [0.4, 0.5) is 5.69 Å². The summed E-state index contributed by atoms with van der Waals surface area (Å²) in [7, 11) is -3.06. The highest BCUT2D eigenvalue weighted by atomic mass is 32.2. The maximum Gasteiger partial charge on any atom is 0.157 e. The van der Waals surface area contributed by atoms with Gasteiger partial charge in [0.2, 0.25) is 0 Å². The number of hydrogen-bond donors (Lipinski definition) is 1. The molecule has 1 aliphatic carbocycles. The summed E-state index contributed by atoms with van der Waals surface area (Å²) >= 11 is 0. The Morgan fingerprint density at radius 1 is 1.12 bits per heavy atom. The Hall–Kier alpha value is -1.88. The Labute approximate surface area is 150 Å². The van der Waals surface area contributed by atoms with Gasteiger partial charge in [-0.25, -0.2) is 8.42 Å². The highest BCUT2D eigenvalue weighted by Gasteiger charge is 2.27. The predicted octanol–water partition coefficient (Wildman–Crippen LogP) is 4.25. The number of sulfone groups is 1. The standard InChI is InChI=1S/C20H26N2O2S/c1-16-18(8-6-12-21-16)14-22-19-9-5-7-17(13-19)15-25(23,24)20-10-3-2-4-11-20/h5-9,12-13,20,22H,2-4,10-11,14-15H2,1H3. The molecule has 1 aliphatic rings. The smallest absolute Gasteiger partial charge is 0.157 e. The van der Waals surface area contributed by atoms with E-state index in [0.717, 1.165) is 48.2 Å². The monoisotopic (exact) mass is 358 g/mol. The van der Waals surface area contributed by atoms with Crippen LogP contribution in [-0.2, 0) is 22.1 Å². The van der Waals surface area contributed by atoms with Crippen molar-refractivity contribution in [2.75, 3.05) is 5.32 Å². The molecule has 0 spiro atoms. The molecule has 1 aromatic heterocycles. The maximum absolute atomic E-state index is 12.7. The predicted molar refractivity (Wildman–Crippen MR) is 102 cm³/mol. The van der Waals surface area contributed by atoms with Crippen molar-refractivity contribution >= 4 is 15.5 Å². The van der Waals surface area contributed by atoms with Gasteiger partial charge in [0.15, 0.2) is 9.84 Å². The van der Waals surface area contributed by atoms with Gasteiger partial charge in [0.05, 0.1) is 11.0 Å². The molecule has 2 aromatic rings. The molecule has 0 aliphatic heterocycles. The lowest BCUT2D eigenvalue weighted by atomic mass is 10.0. The summed E-state index contributed by atoms with van der Waals surface area (Å²) in [5.74, 6) is 0.138. The molecule has 4 nitrogen and oxygen atoms in total. The fraction of sp³-hybridized carbons (Fsp3) is 0.450. The third-order valence-corrected chi connectivity index (χ3v) is 7.18. The van der Waals surface area contributed by atoms with Crippen molar-refractivity contribution in [2.24, 2.45) is 0 Å². The van der Waals surface area contributed by atoms with E-state index in [2.05, 4.69) is 10.3 Å². The van der Waals surface area contributed by atoms with Crippen LogP contribution in [0.1, 0.15) is 48.9 Å². The van der Waals surface area contributed by atoms with Crippen molar-refractivity contribution in [2.45, 2.75) is 56.6 Å². The van der Waals surface area contributed by atoms with Crippen LogP contribution in [0.5, 0.6) is 0 Å². The molecule has 0 atom stereocenters. The summed E-state index contributed by atoms with van der Waals surface area (Å²) in [5.41, 5.74) is 3.95. The third kappa shape index (κ3) is 4.82. The lowest BCUT2D eigenvalue weighted by Crippen LogP contribution is -2.25. The first kappa shape index (κ1) is 17.9. The second kappa shape index (κ2) is 8.00. The van der Waals surface area contributed by atoms with Gasteiger partial charge in [0, 0.05) is 24.1 Å². The van der Waals surface area contributed by atoms with Gasteiger partial charge in [-0.1, -0.05) is 37.5 Å². The maximum atomic E-state index is 12.7. The second-order valence-electron chi connectivity index (χ2n) is 6.87. The number of pyridine rings is 1. The zero-order chi connectivity index (χ0) is 17.7. The fourth-order valence-electron chi connectivity index (χ4n) is 3.45. The van der Waals surface area contributed by atoms with E-state index in [1.165, 1.54) is 6.42 Å². The Kier molecular flexibility index (Phi) is 5.74. The molecule has 5 heteroatoms. The zero-order valence-corrected chi connectivity index (χ0v) is 15.6. The number of aryl methyl sites for hydroxylation is 1. The molecular weight excluding hydrogens is 332 g/mol.